The normalized spacial score (nSPS) is 17.8. The van der Waals surface area contributed by atoms with Gasteiger partial charge in [0.05, 0.1) is 11.3 Å². The monoisotopic (exact) mass is 248 g/mol. The summed E-state index contributed by atoms with van der Waals surface area (Å²) < 4.78 is 0. The predicted molar refractivity (Wildman–Crippen MR) is 70.1 cm³/mol. The number of nitrogens with two attached hydrogens (primary N) is 1. The second-order valence-electron chi connectivity index (χ2n) is 4.86. The minimum Gasteiger partial charge on any atom is -0.366 e. The van der Waals surface area contributed by atoms with Crippen molar-refractivity contribution in [2.24, 2.45) is 5.73 Å². The largest absolute Gasteiger partial charge is 0.366 e. The summed E-state index contributed by atoms with van der Waals surface area (Å²) in [6, 6.07) is 4.14. The standard InChI is InChI=1S/C13H20N4O/c1-17-6-4-11(5-7-17)16-9-12-3-2-10(8-15-12)13(14)18/h2-3,8,11,16H,4-7,9H2,1H3,(H2,14,18). The summed E-state index contributed by atoms with van der Waals surface area (Å²) in [5.74, 6) is -0.433. The van der Waals surface area contributed by atoms with Crippen molar-refractivity contribution in [1.29, 1.82) is 0 Å². The Morgan fingerprint density at radius 3 is 2.78 bits per heavy atom. The van der Waals surface area contributed by atoms with E-state index in [1.807, 2.05) is 6.07 Å². The van der Waals surface area contributed by atoms with Crippen LogP contribution in [0.4, 0.5) is 0 Å². The zero-order valence-electron chi connectivity index (χ0n) is 10.7. The molecule has 1 aliphatic heterocycles. The number of nitrogens with one attached hydrogen (secondary N) is 1. The number of hydrogen-bond acceptors (Lipinski definition) is 4. The van der Waals surface area contributed by atoms with Gasteiger partial charge in [0.2, 0.25) is 5.91 Å². The maximum Gasteiger partial charge on any atom is 0.250 e. The quantitative estimate of drug-likeness (QED) is 0.807. The molecular weight excluding hydrogens is 228 g/mol. The van der Waals surface area contributed by atoms with Gasteiger partial charge >= 0.3 is 0 Å². The number of primary amides is 1. The number of rotatable bonds is 4. The maximum atomic E-state index is 10.9. The molecule has 1 fully saturated rings. The minimum absolute atomic E-state index is 0.433. The van der Waals surface area contributed by atoms with Gasteiger partial charge in [-0.05, 0) is 45.1 Å². The van der Waals surface area contributed by atoms with Gasteiger partial charge in [-0.15, -0.1) is 0 Å². The number of nitrogens with zero attached hydrogens (tertiary/aromatic N) is 2. The van der Waals surface area contributed by atoms with Crippen molar-refractivity contribution in [3.05, 3.63) is 29.6 Å². The second kappa shape index (κ2) is 5.93. The van der Waals surface area contributed by atoms with E-state index >= 15 is 0 Å². The highest BCUT2D eigenvalue weighted by molar-refractivity contribution is 5.92. The van der Waals surface area contributed by atoms with Crippen LogP contribution in [0.2, 0.25) is 0 Å². The molecule has 5 heteroatoms. The van der Waals surface area contributed by atoms with E-state index in [4.69, 9.17) is 5.73 Å². The number of piperidine rings is 1. The van der Waals surface area contributed by atoms with Crippen molar-refractivity contribution in [1.82, 2.24) is 15.2 Å². The van der Waals surface area contributed by atoms with Gasteiger partial charge < -0.3 is 16.0 Å². The summed E-state index contributed by atoms with van der Waals surface area (Å²) in [6.45, 7) is 3.03. The van der Waals surface area contributed by atoms with E-state index in [2.05, 4.69) is 22.2 Å². The summed E-state index contributed by atoms with van der Waals surface area (Å²) in [6.07, 6.45) is 3.89. The molecule has 0 aliphatic carbocycles. The lowest BCUT2D eigenvalue weighted by Crippen LogP contribution is -2.40. The summed E-state index contributed by atoms with van der Waals surface area (Å²) in [5, 5.41) is 3.50. The van der Waals surface area contributed by atoms with Crippen molar-refractivity contribution < 1.29 is 4.79 Å². The van der Waals surface area contributed by atoms with Gasteiger partial charge in [-0.3, -0.25) is 9.78 Å². The van der Waals surface area contributed by atoms with Crippen LogP contribution in [0.15, 0.2) is 18.3 Å². The highest BCUT2D eigenvalue weighted by atomic mass is 16.1. The first kappa shape index (κ1) is 13.0. The molecule has 0 atom stereocenters. The second-order valence-corrected chi connectivity index (χ2v) is 4.86. The Bertz CT molecular complexity index is 396. The molecule has 0 saturated carbocycles. The molecule has 98 valence electrons. The Morgan fingerprint density at radius 1 is 1.50 bits per heavy atom. The molecule has 1 aromatic heterocycles. The van der Waals surface area contributed by atoms with Crippen molar-refractivity contribution in [3.63, 3.8) is 0 Å². The van der Waals surface area contributed by atoms with Crippen molar-refractivity contribution in [2.45, 2.75) is 25.4 Å². The summed E-state index contributed by atoms with van der Waals surface area (Å²) in [5.41, 5.74) is 6.57. The molecule has 0 unspecified atom stereocenters. The topological polar surface area (TPSA) is 71.2 Å². The van der Waals surface area contributed by atoms with Crippen LogP contribution >= 0.6 is 0 Å². The van der Waals surface area contributed by atoms with Crippen LogP contribution < -0.4 is 11.1 Å². The average molecular weight is 248 g/mol. The number of pyridine rings is 1. The molecule has 2 rings (SSSR count). The molecule has 0 aromatic carbocycles. The first-order chi connectivity index (χ1) is 8.65. The fourth-order valence-electron chi connectivity index (χ4n) is 2.14. The van der Waals surface area contributed by atoms with Crippen LogP contribution in [-0.2, 0) is 6.54 Å². The molecule has 2 heterocycles. The van der Waals surface area contributed by atoms with Crippen LogP contribution in [0.25, 0.3) is 0 Å². The molecule has 0 bridgehead atoms. The number of hydrogen-bond donors (Lipinski definition) is 2. The summed E-state index contributed by atoms with van der Waals surface area (Å²) >= 11 is 0. The van der Waals surface area contributed by atoms with E-state index in [0.717, 1.165) is 25.3 Å². The molecule has 3 N–H and O–H groups in total. The van der Waals surface area contributed by atoms with Gasteiger partial charge in [0.25, 0.3) is 0 Å². The lowest BCUT2D eigenvalue weighted by Gasteiger charge is -2.29. The minimum atomic E-state index is -0.433. The number of aromatic nitrogens is 1. The Kier molecular flexibility index (Phi) is 4.28. The van der Waals surface area contributed by atoms with E-state index in [9.17, 15) is 4.79 Å². The van der Waals surface area contributed by atoms with Gasteiger partial charge in [-0.25, -0.2) is 0 Å². The Labute approximate surface area is 107 Å². The van der Waals surface area contributed by atoms with Crippen LogP contribution in [0.5, 0.6) is 0 Å². The van der Waals surface area contributed by atoms with E-state index in [1.54, 1.807) is 6.07 Å². The highest BCUT2D eigenvalue weighted by Gasteiger charge is 2.15. The van der Waals surface area contributed by atoms with Gasteiger partial charge in [0, 0.05) is 18.8 Å². The summed E-state index contributed by atoms with van der Waals surface area (Å²) in [4.78, 5) is 17.5. The third-order valence-electron chi connectivity index (χ3n) is 3.40. The molecule has 0 radical (unpaired) electrons. The first-order valence-corrected chi connectivity index (χ1v) is 6.32. The van der Waals surface area contributed by atoms with Crippen molar-refractivity contribution in [2.75, 3.05) is 20.1 Å². The first-order valence-electron chi connectivity index (χ1n) is 6.32. The van der Waals surface area contributed by atoms with Crippen molar-refractivity contribution in [3.8, 4) is 0 Å². The van der Waals surface area contributed by atoms with Gasteiger partial charge in [-0.2, -0.15) is 0 Å². The van der Waals surface area contributed by atoms with E-state index < -0.39 is 5.91 Å². The summed E-state index contributed by atoms with van der Waals surface area (Å²) in [7, 11) is 2.15. The van der Waals surface area contributed by atoms with Crippen molar-refractivity contribution >= 4 is 5.91 Å². The third-order valence-corrected chi connectivity index (χ3v) is 3.40. The number of likely N-dealkylation sites (tertiary alicyclic amines) is 1. The number of amides is 1. The molecule has 1 aliphatic rings. The fraction of sp³-hybridized carbons (Fsp3) is 0.538. The molecule has 1 aromatic rings. The maximum absolute atomic E-state index is 10.9. The van der Waals surface area contributed by atoms with Gasteiger partial charge in [0.1, 0.15) is 0 Å². The molecule has 0 spiro atoms. The average Bonchev–Trinajstić information content (AvgIpc) is 2.38. The lowest BCUT2D eigenvalue weighted by molar-refractivity contribution is 0.1000. The zero-order valence-corrected chi connectivity index (χ0v) is 10.7. The third kappa shape index (κ3) is 3.51. The van der Waals surface area contributed by atoms with Gasteiger partial charge in [-0.1, -0.05) is 0 Å². The number of carbonyl (C=O) groups excluding carboxylic acids is 1. The van der Waals surface area contributed by atoms with E-state index in [1.165, 1.54) is 19.0 Å². The number of carbonyl (C=O) groups is 1. The smallest absolute Gasteiger partial charge is 0.250 e. The van der Waals surface area contributed by atoms with Crippen LogP contribution in [0.1, 0.15) is 28.9 Å². The molecule has 18 heavy (non-hydrogen) atoms. The fourth-order valence-corrected chi connectivity index (χ4v) is 2.14. The van der Waals surface area contributed by atoms with Crippen LogP contribution in [-0.4, -0.2) is 42.0 Å². The van der Waals surface area contributed by atoms with E-state index in [0.29, 0.717) is 11.6 Å². The zero-order chi connectivity index (χ0) is 13.0. The van der Waals surface area contributed by atoms with E-state index in [-0.39, 0.29) is 0 Å². The molecular formula is C13H20N4O. The molecule has 1 amide bonds. The Morgan fingerprint density at radius 2 is 2.22 bits per heavy atom. The highest BCUT2D eigenvalue weighted by Crippen LogP contribution is 2.09. The molecule has 1 saturated heterocycles. The SMILES string of the molecule is CN1CCC(NCc2ccc(C(N)=O)cn2)CC1. The Hall–Kier alpha value is -1.46. The van der Waals surface area contributed by atoms with Crippen LogP contribution in [0, 0.1) is 0 Å². The predicted octanol–water partition coefficient (Wildman–Crippen LogP) is 0.364. The molecule has 5 nitrogen and oxygen atoms in total. The Balaban J connectivity index is 1.81. The lowest BCUT2D eigenvalue weighted by atomic mass is 10.1. The van der Waals surface area contributed by atoms with Gasteiger partial charge in [0.15, 0.2) is 0 Å². The van der Waals surface area contributed by atoms with Crippen LogP contribution in [0.3, 0.4) is 0 Å².